The van der Waals surface area contributed by atoms with Crippen LogP contribution in [-0.4, -0.2) is 26.8 Å². The highest BCUT2D eigenvalue weighted by Gasteiger charge is 2.25. The first kappa shape index (κ1) is 23.4. The van der Waals surface area contributed by atoms with Gasteiger partial charge in [0.05, 0.1) is 12.5 Å². The maximum Gasteiger partial charge on any atom is 0.319 e. The van der Waals surface area contributed by atoms with Gasteiger partial charge in [-0.2, -0.15) is 0 Å². The quantitative estimate of drug-likeness (QED) is 0.448. The van der Waals surface area contributed by atoms with Gasteiger partial charge in [0, 0.05) is 24.4 Å². The Morgan fingerprint density at radius 1 is 1.06 bits per heavy atom. The number of aromatic hydroxyl groups is 1. The summed E-state index contributed by atoms with van der Waals surface area (Å²) in [5, 5.41) is 23.3. The second-order valence-electron chi connectivity index (χ2n) is 7.10. The van der Waals surface area contributed by atoms with Gasteiger partial charge in [-0.1, -0.05) is 12.1 Å². The molecule has 11 heteroatoms. The maximum atomic E-state index is 15.3. The number of pyridine rings is 1. The summed E-state index contributed by atoms with van der Waals surface area (Å²) in [6.45, 7) is 0. The Morgan fingerprint density at radius 2 is 1.73 bits per heavy atom. The minimum absolute atomic E-state index is 0.130. The second-order valence-corrected chi connectivity index (χ2v) is 7.10. The predicted octanol–water partition coefficient (Wildman–Crippen LogP) is 3.51. The van der Waals surface area contributed by atoms with Gasteiger partial charge in [0.15, 0.2) is 5.69 Å². The first-order valence-corrected chi connectivity index (χ1v) is 9.49. The summed E-state index contributed by atoms with van der Waals surface area (Å²) >= 11 is 0. The van der Waals surface area contributed by atoms with E-state index in [2.05, 4.69) is 10.6 Å². The van der Waals surface area contributed by atoms with Crippen molar-refractivity contribution < 1.29 is 33.0 Å². The van der Waals surface area contributed by atoms with E-state index in [9.17, 15) is 33.4 Å². The third-order valence-corrected chi connectivity index (χ3v) is 4.77. The Balaban J connectivity index is 1.97. The summed E-state index contributed by atoms with van der Waals surface area (Å²) in [4.78, 5) is 35.9. The van der Waals surface area contributed by atoms with E-state index >= 15 is 4.39 Å². The summed E-state index contributed by atoms with van der Waals surface area (Å²) in [6.07, 6.45) is 0.433. The lowest BCUT2D eigenvalue weighted by molar-refractivity contribution is -0.137. The number of nitrogens with one attached hydrogen (secondary N) is 2. The topological polar surface area (TPSA) is 121 Å². The van der Waals surface area contributed by atoms with Gasteiger partial charge in [0.2, 0.25) is 0 Å². The van der Waals surface area contributed by atoms with E-state index in [1.807, 2.05) is 0 Å². The van der Waals surface area contributed by atoms with Crippen LogP contribution in [-0.2, 0) is 11.8 Å². The predicted molar refractivity (Wildman–Crippen MR) is 112 cm³/mol. The lowest BCUT2D eigenvalue weighted by Gasteiger charge is -2.20. The van der Waals surface area contributed by atoms with Crippen LogP contribution in [0.5, 0.6) is 5.75 Å². The average molecular weight is 461 g/mol. The fourth-order valence-electron chi connectivity index (χ4n) is 3.16. The number of benzene rings is 2. The van der Waals surface area contributed by atoms with Gasteiger partial charge in [-0.05, 0) is 35.9 Å². The summed E-state index contributed by atoms with van der Waals surface area (Å²) in [5.74, 6) is -4.50. The SMILES string of the molecule is Cn1ccc(O)c(NC(=O)NC(CC(=O)O)c2cc(F)cc(-c3ccc(F)cc3)c2F)c1=O. The molecule has 1 heterocycles. The van der Waals surface area contributed by atoms with Crippen molar-refractivity contribution in [1.82, 2.24) is 9.88 Å². The molecule has 4 N–H and O–H groups in total. The summed E-state index contributed by atoms with van der Waals surface area (Å²) < 4.78 is 43.9. The molecule has 0 aliphatic heterocycles. The zero-order chi connectivity index (χ0) is 24.3. The number of aliphatic carboxylic acids is 1. The lowest BCUT2D eigenvalue weighted by atomic mass is 9.96. The largest absolute Gasteiger partial charge is 0.505 e. The van der Waals surface area contributed by atoms with Crippen molar-refractivity contribution in [2.75, 3.05) is 5.32 Å². The summed E-state index contributed by atoms with van der Waals surface area (Å²) in [6, 6.07) is 4.59. The number of aryl methyl sites for hydroxylation is 1. The first-order valence-electron chi connectivity index (χ1n) is 9.49. The van der Waals surface area contributed by atoms with Crippen molar-refractivity contribution in [3.05, 3.63) is 82.0 Å². The molecule has 172 valence electrons. The van der Waals surface area contributed by atoms with E-state index in [1.165, 1.54) is 25.4 Å². The zero-order valence-electron chi connectivity index (χ0n) is 17.1. The molecule has 1 aromatic heterocycles. The van der Waals surface area contributed by atoms with E-state index in [1.54, 1.807) is 0 Å². The van der Waals surface area contributed by atoms with Gasteiger partial charge in [-0.25, -0.2) is 18.0 Å². The first-order chi connectivity index (χ1) is 15.6. The van der Waals surface area contributed by atoms with Crippen LogP contribution in [0.2, 0.25) is 0 Å². The van der Waals surface area contributed by atoms with Gasteiger partial charge >= 0.3 is 12.0 Å². The molecule has 0 radical (unpaired) electrons. The Morgan fingerprint density at radius 3 is 2.36 bits per heavy atom. The molecule has 1 atom stereocenters. The molecule has 2 amide bonds. The molecule has 33 heavy (non-hydrogen) atoms. The van der Waals surface area contributed by atoms with Crippen molar-refractivity contribution >= 4 is 17.7 Å². The van der Waals surface area contributed by atoms with Crippen molar-refractivity contribution in [2.24, 2.45) is 7.05 Å². The zero-order valence-corrected chi connectivity index (χ0v) is 17.1. The number of urea groups is 1. The van der Waals surface area contributed by atoms with E-state index in [4.69, 9.17) is 0 Å². The average Bonchev–Trinajstić information content (AvgIpc) is 2.75. The van der Waals surface area contributed by atoms with Crippen molar-refractivity contribution in [1.29, 1.82) is 0 Å². The second kappa shape index (κ2) is 9.47. The lowest BCUT2D eigenvalue weighted by Crippen LogP contribution is -2.36. The molecule has 3 aromatic rings. The maximum absolute atomic E-state index is 15.3. The minimum Gasteiger partial charge on any atom is -0.505 e. The van der Waals surface area contributed by atoms with Crippen molar-refractivity contribution in [2.45, 2.75) is 12.5 Å². The Bertz CT molecular complexity index is 1280. The summed E-state index contributed by atoms with van der Waals surface area (Å²) in [5.41, 5.74) is -1.85. The molecule has 0 aliphatic carbocycles. The van der Waals surface area contributed by atoms with Crippen LogP contribution >= 0.6 is 0 Å². The molecule has 0 bridgehead atoms. The van der Waals surface area contributed by atoms with Crippen LogP contribution in [0.3, 0.4) is 0 Å². The summed E-state index contributed by atoms with van der Waals surface area (Å²) in [7, 11) is 1.37. The molecular weight excluding hydrogens is 443 g/mol. The van der Waals surface area contributed by atoms with E-state index in [0.29, 0.717) is 0 Å². The molecular formula is C22H18F3N3O5. The standard InChI is InChI=1S/C22H18F3N3O5/c1-28-7-6-17(29)20(21(28)32)27-22(33)26-16(10-18(30)31)15-9-13(24)8-14(19(15)25)11-2-4-12(23)5-3-11/h2-9,16,29H,10H2,1H3,(H,30,31)(H2,26,27,33). The molecule has 3 rings (SSSR count). The number of hydrogen-bond donors (Lipinski definition) is 4. The van der Waals surface area contributed by atoms with Gasteiger partial charge in [-0.3, -0.25) is 9.59 Å². The molecule has 0 saturated heterocycles. The van der Waals surface area contributed by atoms with Crippen LogP contribution in [0.1, 0.15) is 18.0 Å². The number of amides is 2. The van der Waals surface area contributed by atoms with Gasteiger partial charge in [0.1, 0.15) is 23.2 Å². The Hall–Kier alpha value is -4.28. The highest BCUT2D eigenvalue weighted by Crippen LogP contribution is 2.31. The normalized spacial score (nSPS) is 11.6. The molecule has 0 spiro atoms. The molecule has 0 aliphatic rings. The van der Waals surface area contributed by atoms with E-state index < -0.39 is 64.5 Å². The number of carboxylic acid groups (broad SMARTS) is 1. The molecule has 2 aromatic carbocycles. The van der Waals surface area contributed by atoms with Crippen LogP contribution in [0, 0.1) is 17.5 Å². The third kappa shape index (κ3) is 5.32. The number of aromatic nitrogens is 1. The molecule has 0 saturated carbocycles. The molecule has 1 unspecified atom stereocenters. The highest BCUT2D eigenvalue weighted by atomic mass is 19.1. The van der Waals surface area contributed by atoms with Crippen LogP contribution in [0.25, 0.3) is 11.1 Å². The van der Waals surface area contributed by atoms with Crippen molar-refractivity contribution in [3.63, 3.8) is 0 Å². The fourth-order valence-corrected chi connectivity index (χ4v) is 3.16. The highest BCUT2D eigenvalue weighted by molar-refractivity contribution is 5.91. The number of halogens is 3. The number of carbonyl (C=O) groups is 2. The van der Waals surface area contributed by atoms with Gasteiger partial charge in [0.25, 0.3) is 5.56 Å². The number of hydrogen-bond acceptors (Lipinski definition) is 4. The van der Waals surface area contributed by atoms with Crippen molar-refractivity contribution in [3.8, 4) is 16.9 Å². The van der Waals surface area contributed by atoms with Gasteiger partial charge in [-0.15, -0.1) is 0 Å². The number of carboxylic acids is 1. The Kier molecular flexibility index (Phi) is 6.71. The van der Waals surface area contributed by atoms with E-state index in [-0.39, 0.29) is 11.1 Å². The Labute approximate surface area is 184 Å². The number of anilines is 1. The van der Waals surface area contributed by atoms with Crippen LogP contribution in [0.15, 0.2) is 53.5 Å². The molecule has 0 fully saturated rings. The van der Waals surface area contributed by atoms with E-state index in [0.717, 1.165) is 34.9 Å². The van der Waals surface area contributed by atoms with Crippen LogP contribution < -0.4 is 16.2 Å². The number of rotatable bonds is 6. The van der Waals surface area contributed by atoms with Crippen LogP contribution in [0.4, 0.5) is 23.7 Å². The number of nitrogens with zero attached hydrogens (tertiary/aromatic N) is 1. The third-order valence-electron chi connectivity index (χ3n) is 4.77. The monoisotopic (exact) mass is 461 g/mol. The fraction of sp³-hybridized carbons (Fsp3) is 0.136. The smallest absolute Gasteiger partial charge is 0.319 e. The van der Waals surface area contributed by atoms with Gasteiger partial charge < -0.3 is 25.4 Å². The minimum atomic E-state index is -1.55. The molecule has 8 nitrogen and oxygen atoms in total. The number of carbonyl (C=O) groups excluding carboxylic acids is 1.